The van der Waals surface area contributed by atoms with E-state index in [1.54, 1.807) is 0 Å². The number of benzene rings is 1. The average molecular weight is 339 g/mol. The lowest BCUT2D eigenvalue weighted by atomic mass is 10.0. The third-order valence-electron chi connectivity index (χ3n) is 3.90. The van der Waals surface area contributed by atoms with Crippen LogP contribution in [0.2, 0.25) is 0 Å². The van der Waals surface area contributed by atoms with E-state index in [9.17, 15) is 4.79 Å². The lowest BCUT2D eigenvalue weighted by Crippen LogP contribution is -2.26. The molecule has 1 aliphatic heterocycles. The Balaban J connectivity index is 1.65. The van der Waals surface area contributed by atoms with Crippen molar-refractivity contribution >= 4 is 21.8 Å². The molecule has 2 N–H and O–H groups in total. The fourth-order valence-electron chi connectivity index (χ4n) is 2.59. The van der Waals surface area contributed by atoms with E-state index in [4.69, 9.17) is 0 Å². The summed E-state index contributed by atoms with van der Waals surface area (Å²) in [7, 11) is 0. The van der Waals surface area contributed by atoms with Crippen molar-refractivity contribution in [2.24, 2.45) is 5.92 Å². The molecule has 4 heteroatoms. The van der Waals surface area contributed by atoms with Gasteiger partial charge in [-0.2, -0.15) is 0 Å². The van der Waals surface area contributed by atoms with Crippen molar-refractivity contribution in [3.63, 3.8) is 0 Å². The molecular formula is C16H23BrN2O. The summed E-state index contributed by atoms with van der Waals surface area (Å²) < 4.78 is 1.12. The molecule has 0 saturated carbocycles. The minimum absolute atomic E-state index is 0.163. The number of aryl methyl sites for hydroxylation is 2. The minimum Gasteiger partial charge on any atom is -0.356 e. The fraction of sp³-hybridized carbons (Fsp3) is 0.562. The summed E-state index contributed by atoms with van der Waals surface area (Å²) >= 11 is 3.49. The van der Waals surface area contributed by atoms with Crippen LogP contribution in [0.25, 0.3) is 0 Å². The zero-order chi connectivity index (χ0) is 14.4. The van der Waals surface area contributed by atoms with Gasteiger partial charge in [0, 0.05) is 17.4 Å². The summed E-state index contributed by atoms with van der Waals surface area (Å²) in [6, 6.07) is 6.27. The monoisotopic (exact) mass is 338 g/mol. The number of amides is 1. The SMILES string of the molecule is Cc1cc(CCC(=O)NCCC2CCNC2)ccc1Br. The number of carbonyl (C=O) groups excluding carboxylic acids is 1. The molecule has 1 saturated heterocycles. The molecule has 0 spiro atoms. The Hall–Kier alpha value is -0.870. The maximum atomic E-state index is 11.8. The summed E-state index contributed by atoms with van der Waals surface area (Å²) in [5.74, 6) is 0.904. The Morgan fingerprint density at radius 3 is 3.05 bits per heavy atom. The molecule has 110 valence electrons. The Labute approximate surface area is 129 Å². The van der Waals surface area contributed by atoms with E-state index in [0.29, 0.717) is 6.42 Å². The van der Waals surface area contributed by atoms with E-state index in [1.165, 1.54) is 17.5 Å². The summed E-state index contributed by atoms with van der Waals surface area (Å²) in [5.41, 5.74) is 2.44. The highest BCUT2D eigenvalue weighted by Crippen LogP contribution is 2.18. The first-order valence-corrected chi connectivity index (χ1v) is 8.17. The van der Waals surface area contributed by atoms with Gasteiger partial charge in [0.25, 0.3) is 0 Å². The van der Waals surface area contributed by atoms with E-state index >= 15 is 0 Å². The van der Waals surface area contributed by atoms with Crippen molar-refractivity contribution in [2.45, 2.75) is 32.6 Å². The van der Waals surface area contributed by atoms with Crippen LogP contribution in [0.5, 0.6) is 0 Å². The van der Waals surface area contributed by atoms with Crippen LogP contribution in [0.1, 0.15) is 30.4 Å². The first kappa shape index (κ1) is 15.5. The number of hydrogen-bond acceptors (Lipinski definition) is 2. The summed E-state index contributed by atoms with van der Waals surface area (Å²) in [6.45, 7) is 5.11. The van der Waals surface area contributed by atoms with Crippen molar-refractivity contribution in [3.8, 4) is 0 Å². The van der Waals surface area contributed by atoms with Crippen LogP contribution in [0.4, 0.5) is 0 Å². The minimum atomic E-state index is 0.163. The molecule has 1 aromatic carbocycles. The van der Waals surface area contributed by atoms with Crippen LogP contribution in [-0.4, -0.2) is 25.5 Å². The van der Waals surface area contributed by atoms with E-state index in [1.807, 2.05) is 0 Å². The number of hydrogen-bond donors (Lipinski definition) is 2. The molecule has 1 amide bonds. The van der Waals surface area contributed by atoms with Gasteiger partial charge in [-0.15, -0.1) is 0 Å². The molecule has 1 aromatic rings. The van der Waals surface area contributed by atoms with Gasteiger partial charge >= 0.3 is 0 Å². The second-order valence-corrected chi connectivity index (χ2v) is 6.44. The van der Waals surface area contributed by atoms with Crippen molar-refractivity contribution in [1.29, 1.82) is 0 Å². The molecule has 1 aliphatic rings. The predicted molar refractivity (Wildman–Crippen MR) is 85.8 cm³/mol. The van der Waals surface area contributed by atoms with Crippen molar-refractivity contribution in [3.05, 3.63) is 33.8 Å². The molecule has 1 atom stereocenters. The highest BCUT2D eigenvalue weighted by atomic mass is 79.9. The van der Waals surface area contributed by atoms with Crippen LogP contribution in [0.15, 0.2) is 22.7 Å². The largest absolute Gasteiger partial charge is 0.356 e. The van der Waals surface area contributed by atoms with Crippen LogP contribution in [0.3, 0.4) is 0 Å². The fourth-order valence-corrected chi connectivity index (χ4v) is 2.83. The van der Waals surface area contributed by atoms with Gasteiger partial charge in [-0.3, -0.25) is 4.79 Å². The third kappa shape index (κ3) is 4.91. The molecule has 1 fully saturated rings. The standard InChI is InChI=1S/C16H23BrN2O/c1-12-10-13(2-4-15(12)17)3-5-16(20)19-9-7-14-6-8-18-11-14/h2,4,10,14,18H,3,5-9,11H2,1H3,(H,19,20). The molecule has 20 heavy (non-hydrogen) atoms. The number of carbonyl (C=O) groups is 1. The number of nitrogens with one attached hydrogen (secondary N) is 2. The highest BCUT2D eigenvalue weighted by Gasteiger charge is 2.14. The lowest BCUT2D eigenvalue weighted by molar-refractivity contribution is -0.121. The van der Waals surface area contributed by atoms with E-state index in [-0.39, 0.29) is 5.91 Å². The topological polar surface area (TPSA) is 41.1 Å². The van der Waals surface area contributed by atoms with Gasteiger partial charge in [0.1, 0.15) is 0 Å². The van der Waals surface area contributed by atoms with Gasteiger partial charge in [0.2, 0.25) is 5.91 Å². The molecule has 1 heterocycles. The molecule has 1 unspecified atom stereocenters. The second kappa shape index (κ2) is 7.79. The summed E-state index contributed by atoms with van der Waals surface area (Å²) in [6.07, 6.45) is 3.72. The predicted octanol–water partition coefficient (Wildman–Crippen LogP) is 2.81. The maximum Gasteiger partial charge on any atom is 0.220 e. The first-order chi connectivity index (χ1) is 9.65. The maximum absolute atomic E-state index is 11.8. The zero-order valence-electron chi connectivity index (χ0n) is 12.0. The number of rotatable bonds is 6. The van der Waals surface area contributed by atoms with Crippen molar-refractivity contribution < 1.29 is 4.79 Å². The molecule has 0 aromatic heterocycles. The van der Waals surface area contributed by atoms with Crippen LogP contribution in [-0.2, 0) is 11.2 Å². The van der Waals surface area contributed by atoms with Gasteiger partial charge in [0.05, 0.1) is 0 Å². The third-order valence-corrected chi connectivity index (χ3v) is 4.79. The zero-order valence-corrected chi connectivity index (χ0v) is 13.6. The summed E-state index contributed by atoms with van der Waals surface area (Å²) in [4.78, 5) is 11.8. The molecular weight excluding hydrogens is 316 g/mol. The molecule has 2 rings (SSSR count). The Morgan fingerprint density at radius 2 is 2.35 bits per heavy atom. The Morgan fingerprint density at radius 1 is 1.50 bits per heavy atom. The smallest absolute Gasteiger partial charge is 0.220 e. The molecule has 3 nitrogen and oxygen atoms in total. The van der Waals surface area contributed by atoms with Gasteiger partial charge in [-0.25, -0.2) is 0 Å². The first-order valence-electron chi connectivity index (χ1n) is 7.37. The van der Waals surface area contributed by atoms with Gasteiger partial charge in [-0.05, 0) is 62.4 Å². The van der Waals surface area contributed by atoms with Crippen molar-refractivity contribution in [1.82, 2.24) is 10.6 Å². The highest BCUT2D eigenvalue weighted by molar-refractivity contribution is 9.10. The van der Waals surface area contributed by atoms with Crippen LogP contribution in [0, 0.1) is 12.8 Å². The Bertz CT molecular complexity index is 456. The van der Waals surface area contributed by atoms with E-state index in [2.05, 4.69) is 51.7 Å². The van der Waals surface area contributed by atoms with Gasteiger partial charge in [-0.1, -0.05) is 28.1 Å². The average Bonchev–Trinajstić information content (AvgIpc) is 2.93. The summed E-state index contributed by atoms with van der Waals surface area (Å²) in [5, 5.41) is 6.38. The molecule has 0 aliphatic carbocycles. The van der Waals surface area contributed by atoms with Crippen LogP contribution < -0.4 is 10.6 Å². The Kier molecular flexibility index (Phi) is 6.05. The quantitative estimate of drug-likeness (QED) is 0.837. The molecule has 0 bridgehead atoms. The normalized spacial score (nSPS) is 18.2. The van der Waals surface area contributed by atoms with Gasteiger partial charge < -0.3 is 10.6 Å². The van der Waals surface area contributed by atoms with Crippen LogP contribution >= 0.6 is 15.9 Å². The second-order valence-electron chi connectivity index (χ2n) is 5.58. The van der Waals surface area contributed by atoms with E-state index < -0.39 is 0 Å². The van der Waals surface area contributed by atoms with E-state index in [0.717, 1.165) is 42.9 Å². The lowest BCUT2D eigenvalue weighted by Gasteiger charge is -2.09. The number of halogens is 1. The van der Waals surface area contributed by atoms with Gasteiger partial charge in [0.15, 0.2) is 0 Å². The van der Waals surface area contributed by atoms with Crippen molar-refractivity contribution in [2.75, 3.05) is 19.6 Å². The molecule has 0 radical (unpaired) electrons.